The zero-order chi connectivity index (χ0) is 25.9. The quantitative estimate of drug-likeness (QED) is 0.191. The molecule has 0 amide bonds. The van der Waals surface area contributed by atoms with Crippen LogP contribution in [0, 0.1) is 6.07 Å². The van der Waals surface area contributed by atoms with E-state index in [9.17, 15) is 5.11 Å². The number of aromatic nitrogens is 2. The van der Waals surface area contributed by atoms with Crippen LogP contribution in [0.2, 0.25) is 0 Å². The Balaban J connectivity index is 0.00000294. The molecule has 194 valence electrons. The van der Waals surface area contributed by atoms with Gasteiger partial charge in [0, 0.05) is 38.3 Å². The van der Waals surface area contributed by atoms with Gasteiger partial charge in [-0.2, -0.15) is 0 Å². The Morgan fingerprint density at radius 3 is 2.34 bits per heavy atom. The topological polar surface area (TPSA) is 49.3 Å². The third-order valence-electron chi connectivity index (χ3n) is 7.44. The summed E-state index contributed by atoms with van der Waals surface area (Å²) < 4.78 is 0. The van der Waals surface area contributed by atoms with E-state index < -0.39 is 0 Å². The van der Waals surface area contributed by atoms with Crippen molar-refractivity contribution in [2.45, 2.75) is 45.4 Å². The van der Waals surface area contributed by atoms with Crippen molar-refractivity contribution in [1.82, 2.24) is 9.97 Å². The molecule has 0 radical (unpaired) electrons. The second-order valence-electron chi connectivity index (χ2n) is 11.3. The van der Waals surface area contributed by atoms with Gasteiger partial charge in [0.25, 0.3) is 0 Å². The first kappa shape index (κ1) is 26.1. The number of hydrogen-bond donors (Lipinski definition) is 1. The van der Waals surface area contributed by atoms with E-state index in [1.54, 1.807) is 6.07 Å². The second-order valence-corrected chi connectivity index (χ2v) is 11.3. The third kappa shape index (κ3) is 4.12. The van der Waals surface area contributed by atoms with E-state index in [1.807, 2.05) is 36.5 Å². The molecule has 0 saturated carbocycles. The van der Waals surface area contributed by atoms with Crippen molar-refractivity contribution < 1.29 is 26.2 Å². The van der Waals surface area contributed by atoms with Crippen LogP contribution in [0.3, 0.4) is 0 Å². The first-order chi connectivity index (χ1) is 17.7. The van der Waals surface area contributed by atoms with Gasteiger partial charge in [0.05, 0.1) is 0 Å². The molecule has 5 aromatic rings. The van der Waals surface area contributed by atoms with Gasteiger partial charge in [0.1, 0.15) is 17.1 Å². The SMILES string of the molecule is CC(C)(C)c1ccc(O)c2nc(-c3[c-]c4c(cc3)C(C)(C)c3ccccc3N4c3ccccn3)ccc12.[Pt]. The molecule has 0 unspecified atom stereocenters. The summed E-state index contributed by atoms with van der Waals surface area (Å²) in [5.41, 5.74) is 7.65. The summed E-state index contributed by atoms with van der Waals surface area (Å²) >= 11 is 0. The molecule has 38 heavy (non-hydrogen) atoms. The average Bonchev–Trinajstić information content (AvgIpc) is 2.89. The number of aromatic hydroxyl groups is 1. The largest absolute Gasteiger partial charge is 0.506 e. The number of phenolic OH excluding ortho intramolecular Hbond substituents is 1. The van der Waals surface area contributed by atoms with Crippen LogP contribution >= 0.6 is 0 Å². The molecule has 0 atom stereocenters. The van der Waals surface area contributed by atoms with E-state index in [1.165, 1.54) is 11.1 Å². The Morgan fingerprint density at radius 1 is 0.842 bits per heavy atom. The van der Waals surface area contributed by atoms with Gasteiger partial charge in [-0.25, -0.2) is 4.98 Å². The van der Waals surface area contributed by atoms with E-state index in [-0.39, 0.29) is 37.6 Å². The smallest absolute Gasteiger partial charge is 0.140 e. The predicted octanol–water partition coefficient (Wildman–Crippen LogP) is 8.21. The van der Waals surface area contributed by atoms with Crippen molar-refractivity contribution in [2.75, 3.05) is 4.90 Å². The first-order valence-corrected chi connectivity index (χ1v) is 12.7. The van der Waals surface area contributed by atoms with Crippen LogP contribution in [-0.2, 0) is 31.9 Å². The number of para-hydroxylation sites is 1. The van der Waals surface area contributed by atoms with Gasteiger partial charge >= 0.3 is 0 Å². The predicted molar refractivity (Wildman–Crippen MR) is 151 cm³/mol. The van der Waals surface area contributed by atoms with E-state index >= 15 is 0 Å². The fourth-order valence-corrected chi connectivity index (χ4v) is 5.51. The molecule has 1 aliphatic heterocycles. The van der Waals surface area contributed by atoms with Crippen LogP contribution in [0.1, 0.15) is 51.3 Å². The molecule has 0 saturated heterocycles. The molecule has 5 heteroatoms. The molecule has 0 spiro atoms. The summed E-state index contributed by atoms with van der Waals surface area (Å²) in [6, 6.07) is 30.3. The minimum Gasteiger partial charge on any atom is -0.506 e. The summed E-state index contributed by atoms with van der Waals surface area (Å²) in [6.07, 6.45) is 1.82. The first-order valence-electron chi connectivity index (χ1n) is 12.7. The fraction of sp³-hybridized carbons (Fsp3) is 0.212. The third-order valence-corrected chi connectivity index (χ3v) is 7.44. The molecule has 1 aliphatic rings. The molecule has 4 nitrogen and oxygen atoms in total. The Morgan fingerprint density at radius 2 is 1.61 bits per heavy atom. The molecular formula is C33H30N3OPt-. The molecular weight excluding hydrogens is 649 g/mol. The van der Waals surface area contributed by atoms with Crippen LogP contribution in [0.4, 0.5) is 17.2 Å². The molecule has 6 rings (SSSR count). The zero-order valence-corrected chi connectivity index (χ0v) is 24.5. The van der Waals surface area contributed by atoms with Gasteiger partial charge in [-0.3, -0.25) is 4.98 Å². The van der Waals surface area contributed by atoms with Crippen LogP contribution in [0.15, 0.2) is 85.1 Å². The minimum atomic E-state index is -0.205. The van der Waals surface area contributed by atoms with Crippen LogP contribution in [-0.4, -0.2) is 15.1 Å². The Kier molecular flexibility index (Phi) is 6.44. The summed E-state index contributed by atoms with van der Waals surface area (Å²) in [5.74, 6) is 1.03. The van der Waals surface area contributed by atoms with Gasteiger partial charge in [-0.05, 0) is 57.6 Å². The van der Waals surface area contributed by atoms with E-state index in [4.69, 9.17) is 9.97 Å². The number of rotatable bonds is 2. The molecule has 3 heterocycles. The van der Waals surface area contributed by atoms with E-state index in [0.29, 0.717) is 5.52 Å². The minimum absolute atomic E-state index is 0. The number of fused-ring (bicyclic) bond motifs is 3. The Hall–Kier alpha value is -3.49. The summed E-state index contributed by atoms with van der Waals surface area (Å²) in [4.78, 5) is 11.8. The van der Waals surface area contributed by atoms with E-state index in [0.717, 1.165) is 39.4 Å². The Labute approximate surface area is 238 Å². The maximum Gasteiger partial charge on any atom is 0.140 e. The maximum atomic E-state index is 10.7. The summed E-state index contributed by atoms with van der Waals surface area (Å²) in [5, 5.41) is 11.7. The van der Waals surface area contributed by atoms with Gasteiger partial charge < -0.3 is 10.0 Å². The van der Waals surface area contributed by atoms with Crippen LogP contribution < -0.4 is 4.90 Å². The van der Waals surface area contributed by atoms with Gasteiger partial charge in [-0.1, -0.05) is 82.6 Å². The Bertz CT molecular complexity index is 1660. The maximum absolute atomic E-state index is 10.7. The van der Waals surface area contributed by atoms with Crippen LogP contribution in [0.25, 0.3) is 22.2 Å². The zero-order valence-electron chi connectivity index (χ0n) is 22.2. The van der Waals surface area contributed by atoms with Gasteiger partial charge in [-0.15, -0.1) is 23.8 Å². The summed E-state index contributed by atoms with van der Waals surface area (Å²) in [7, 11) is 0. The second kappa shape index (κ2) is 9.36. The number of benzene rings is 3. The monoisotopic (exact) mass is 679 g/mol. The van der Waals surface area contributed by atoms with Crippen molar-refractivity contribution in [2.24, 2.45) is 0 Å². The molecule has 0 aliphatic carbocycles. The summed E-state index contributed by atoms with van der Waals surface area (Å²) in [6.45, 7) is 11.0. The van der Waals surface area contributed by atoms with E-state index in [2.05, 4.69) is 88.0 Å². The molecule has 3 aromatic carbocycles. The fourth-order valence-electron chi connectivity index (χ4n) is 5.51. The number of anilines is 3. The van der Waals surface area contributed by atoms with Crippen molar-refractivity contribution in [3.8, 4) is 17.0 Å². The number of phenols is 1. The molecule has 0 fully saturated rings. The van der Waals surface area contributed by atoms with Crippen molar-refractivity contribution in [1.29, 1.82) is 0 Å². The van der Waals surface area contributed by atoms with Crippen LogP contribution in [0.5, 0.6) is 5.75 Å². The number of pyridine rings is 2. The average molecular weight is 680 g/mol. The van der Waals surface area contributed by atoms with Gasteiger partial charge in [0.15, 0.2) is 0 Å². The van der Waals surface area contributed by atoms with Crippen molar-refractivity contribution in [3.05, 3.63) is 108 Å². The standard InChI is InChI=1S/C33H30N3O.Pt/c1-32(2,3)23-16-18-29(37)31-22(23)14-17-26(35-31)21-13-15-25-28(20-21)36(30-12-8-9-19-34-30)27-11-7-6-10-24(27)33(25,4)5;/h6-19,37H,1-5H3;/q-1;. The molecule has 2 aromatic heterocycles. The molecule has 1 N–H and O–H groups in total. The molecule has 0 bridgehead atoms. The van der Waals surface area contributed by atoms with Crippen molar-refractivity contribution >= 4 is 28.1 Å². The van der Waals surface area contributed by atoms with Gasteiger partial charge in [0.2, 0.25) is 0 Å². The van der Waals surface area contributed by atoms with Crippen molar-refractivity contribution in [3.63, 3.8) is 0 Å². The normalized spacial score (nSPS) is 14.0. The number of hydrogen-bond acceptors (Lipinski definition) is 4. The number of nitrogens with zero attached hydrogens (tertiary/aromatic N) is 3.